The highest BCUT2D eigenvalue weighted by atomic mass is 16.5. The lowest BCUT2D eigenvalue weighted by atomic mass is 10.1. The first kappa shape index (κ1) is 17.0. The van der Waals surface area contributed by atoms with Gasteiger partial charge < -0.3 is 15.0 Å². The Kier molecular flexibility index (Phi) is 5.67. The predicted octanol–water partition coefficient (Wildman–Crippen LogP) is 2.55. The Balaban J connectivity index is 1.45. The van der Waals surface area contributed by atoms with E-state index in [9.17, 15) is 9.59 Å². The molecule has 1 aliphatic rings. The highest BCUT2D eigenvalue weighted by molar-refractivity contribution is 5.95. The van der Waals surface area contributed by atoms with E-state index in [-0.39, 0.29) is 18.4 Å². The molecule has 0 radical (unpaired) electrons. The van der Waals surface area contributed by atoms with Crippen LogP contribution in [0.15, 0.2) is 54.6 Å². The van der Waals surface area contributed by atoms with Gasteiger partial charge in [-0.2, -0.15) is 0 Å². The van der Waals surface area contributed by atoms with Crippen LogP contribution in [0.25, 0.3) is 0 Å². The summed E-state index contributed by atoms with van der Waals surface area (Å²) in [5.74, 6) is 0.574. The molecule has 2 aromatic carbocycles. The van der Waals surface area contributed by atoms with Crippen molar-refractivity contribution in [3.8, 4) is 5.75 Å². The van der Waals surface area contributed by atoms with Gasteiger partial charge in [0.1, 0.15) is 5.75 Å². The van der Waals surface area contributed by atoms with Gasteiger partial charge >= 0.3 is 0 Å². The Bertz CT molecular complexity index is 731. The standard InChI is InChI=1S/C20H22N2O3/c23-19(21-12-11-16-6-2-1-3-7-16)15-25-18-9-4-8-17(14-18)22-13-5-10-20(22)24/h1-4,6-9,14H,5,10-13,15H2,(H,21,23). The highest BCUT2D eigenvalue weighted by Gasteiger charge is 2.21. The van der Waals surface area contributed by atoms with Crippen molar-refractivity contribution in [2.75, 3.05) is 24.6 Å². The molecule has 0 unspecified atom stereocenters. The van der Waals surface area contributed by atoms with E-state index in [2.05, 4.69) is 5.32 Å². The van der Waals surface area contributed by atoms with Gasteiger partial charge in [0.2, 0.25) is 5.91 Å². The maximum Gasteiger partial charge on any atom is 0.257 e. The molecule has 2 amide bonds. The summed E-state index contributed by atoms with van der Waals surface area (Å²) in [6, 6.07) is 17.3. The maximum absolute atomic E-state index is 11.9. The summed E-state index contributed by atoms with van der Waals surface area (Å²) in [6.45, 7) is 1.28. The first-order valence-electron chi connectivity index (χ1n) is 8.56. The SMILES string of the molecule is O=C(COc1cccc(N2CCCC2=O)c1)NCCc1ccccc1. The molecule has 130 valence electrons. The van der Waals surface area contributed by atoms with Crippen LogP contribution in [-0.4, -0.2) is 31.5 Å². The third-order valence-electron chi connectivity index (χ3n) is 4.15. The summed E-state index contributed by atoms with van der Waals surface area (Å²) < 4.78 is 5.56. The van der Waals surface area contributed by atoms with Crippen LogP contribution in [-0.2, 0) is 16.0 Å². The molecule has 1 saturated heterocycles. The number of nitrogens with one attached hydrogen (secondary N) is 1. The van der Waals surface area contributed by atoms with E-state index in [4.69, 9.17) is 4.74 Å². The number of carbonyl (C=O) groups is 2. The van der Waals surface area contributed by atoms with E-state index in [1.54, 1.807) is 17.0 Å². The molecule has 0 aliphatic carbocycles. The fraction of sp³-hybridized carbons (Fsp3) is 0.300. The minimum absolute atomic E-state index is 0.0355. The normalized spacial score (nSPS) is 13.8. The quantitative estimate of drug-likeness (QED) is 0.844. The number of carbonyl (C=O) groups excluding carboxylic acids is 2. The lowest BCUT2D eigenvalue weighted by molar-refractivity contribution is -0.123. The van der Waals surface area contributed by atoms with Gasteiger partial charge in [-0.25, -0.2) is 0 Å². The largest absolute Gasteiger partial charge is 0.484 e. The number of anilines is 1. The van der Waals surface area contributed by atoms with Gasteiger partial charge in [0, 0.05) is 31.3 Å². The maximum atomic E-state index is 11.9. The number of nitrogens with zero attached hydrogens (tertiary/aromatic N) is 1. The Hall–Kier alpha value is -2.82. The van der Waals surface area contributed by atoms with Gasteiger partial charge in [0.25, 0.3) is 5.91 Å². The predicted molar refractivity (Wildman–Crippen MR) is 96.7 cm³/mol. The van der Waals surface area contributed by atoms with Crippen LogP contribution in [0, 0.1) is 0 Å². The first-order valence-corrected chi connectivity index (χ1v) is 8.56. The number of hydrogen-bond acceptors (Lipinski definition) is 3. The van der Waals surface area contributed by atoms with Crippen LogP contribution < -0.4 is 15.0 Å². The molecule has 3 rings (SSSR count). The minimum atomic E-state index is -0.154. The summed E-state index contributed by atoms with van der Waals surface area (Å²) >= 11 is 0. The molecule has 5 nitrogen and oxygen atoms in total. The molecule has 1 N–H and O–H groups in total. The molecule has 0 bridgehead atoms. The number of benzene rings is 2. The van der Waals surface area contributed by atoms with Gasteiger partial charge in [0.15, 0.2) is 6.61 Å². The van der Waals surface area contributed by atoms with Gasteiger partial charge in [-0.3, -0.25) is 9.59 Å². The van der Waals surface area contributed by atoms with Crippen molar-refractivity contribution < 1.29 is 14.3 Å². The fourth-order valence-electron chi connectivity index (χ4n) is 2.85. The number of rotatable bonds is 7. The molecule has 25 heavy (non-hydrogen) atoms. The van der Waals surface area contributed by atoms with Crippen molar-refractivity contribution in [3.63, 3.8) is 0 Å². The summed E-state index contributed by atoms with van der Waals surface area (Å²) in [5.41, 5.74) is 2.01. The summed E-state index contributed by atoms with van der Waals surface area (Å²) in [7, 11) is 0. The van der Waals surface area contributed by atoms with Crippen LogP contribution in [0.1, 0.15) is 18.4 Å². The molecule has 1 aliphatic heterocycles. The van der Waals surface area contributed by atoms with Crippen LogP contribution in [0.5, 0.6) is 5.75 Å². The topological polar surface area (TPSA) is 58.6 Å². The molecular formula is C20H22N2O3. The molecule has 1 heterocycles. The van der Waals surface area contributed by atoms with Crippen LogP contribution in [0.2, 0.25) is 0 Å². The first-order chi connectivity index (χ1) is 12.2. The smallest absolute Gasteiger partial charge is 0.257 e. The van der Waals surface area contributed by atoms with E-state index in [0.29, 0.717) is 18.7 Å². The Morgan fingerprint density at radius 2 is 1.96 bits per heavy atom. The summed E-state index contributed by atoms with van der Waals surface area (Å²) in [4.78, 5) is 25.5. The zero-order chi connectivity index (χ0) is 17.5. The lowest BCUT2D eigenvalue weighted by Gasteiger charge is -2.16. The number of hydrogen-bond donors (Lipinski definition) is 1. The van der Waals surface area contributed by atoms with Crippen molar-refractivity contribution in [1.82, 2.24) is 5.32 Å². The second-order valence-corrected chi connectivity index (χ2v) is 6.02. The van der Waals surface area contributed by atoms with Crippen molar-refractivity contribution in [1.29, 1.82) is 0 Å². The number of amides is 2. The third-order valence-corrected chi connectivity index (χ3v) is 4.15. The monoisotopic (exact) mass is 338 g/mol. The molecule has 0 saturated carbocycles. The Morgan fingerprint density at radius 3 is 2.72 bits per heavy atom. The van der Waals surface area contributed by atoms with Crippen molar-refractivity contribution in [2.24, 2.45) is 0 Å². The van der Waals surface area contributed by atoms with E-state index >= 15 is 0 Å². The van der Waals surface area contributed by atoms with E-state index in [0.717, 1.165) is 25.1 Å². The molecule has 5 heteroatoms. The summed E-state index contributed by atoms with van der Waals surface area (Å²) in [6.07, 6.45) is 2.27. The molecule has 1 fully saturated rings. The van der Waals surface area contributed by atoms with Gasteiger partial charge in [0.05, 0.1) is 0 Å². The van der Waals surface area contributed by atoms with Crippen molar-refractivity contribution in [2.45, 2.75) is 19.3 Å². The summed E-state index contributed by atoms with van der Waals surface area (Å²) in [5, 5.41) is 2.85. The second kappa shape index (κ2) is 8.33. The minimum Gasteiger partial charge on any atom is -0.484 e. The molecule has 0 spiro atoms. The van der Waals surface area contributed by atoms with Crippen molar-refractivity contribution >= 4 is 17.5 Å². The van der Waals surface area contributed by atoms with Crippen LogP contribution in [0.3, 0.4) is 0 Å². The fourth-order valence-corrected chi connectivity index (χ4v) is 2.85. The van der Waals surface area contributed by atoms with Crippen molar-refractivity contribution in [3.05, 3.63) is 60.2 Å². The van der Waals surface area contributed by atoms with Gasteiger partial charge in [-0.15, -0.1) is 0 Å². The van der Waals surface area contributed by atoms with Gasteiger partial charge in [-0.05, 0) is 30.5 Å². The molecule has 0 aromatic heterocycles. The molecule has 2 aromatic rings. The number of ether oxygens (including phenoxy) is 1. The average molecular weight is 338 g/mol. The van der Waals surface area contributed by atoms with Gasteiger partial charge in [-0.1, -0.05) is 36.4 Å². The molecular weight excluding hydrogens is 316 g/mol. The van der Waals surface area contributed by atoms with E-state index in [1.807, 2.05) is 42.5 Å². The van der Waals surface area contributed by atoms with E-state index < -0.39 is 0 Å². The third kappa shape index (κ3) is 4.83. The zero-order valence-corrected chi connectivity index (χ0v) is 14.1. The second-order valence-electron chi connectivity index (χ2n) is 6.02. The Morgan fingerprint density at radius 1 is 1.12 bits per heavy atom. The van der Waals surface area contributed by atoms with Crippen LogP contribution >= 0.6 is 0 Å². The van der Waals surface area contributed by atoms with Crippen LogP contribution in [0.4, 0.5) is 5.69 Å². The highest BCUT2D eigenvalue weighted by Crippen LogP contribution is 2.25. The zero-order valence-electron chi connectivity index (χ0n) is 14.1. The van der Waals surface area contributed by atoms with E-state index in [1.165, 1.54) is 5.56 Å². The molecule has 0 atom stereocenters. The average Bonchev–Trinajstić information content (AvgIpc) is 3.07. The Labute approximate surface area is 147 Å². The lowest BCUT2D eigenvalue weighted by Crippen LogP contribution is -2.30.